The predicted molar refractivity (Wildman–Crippen MR) is 114 cm³/mol. The minimum absolute atomic E-state index is 0.258. The fourth-order valence-electron chi connectivity index (χ4n) is 3.01. The first kappa shape index (κ1) is 20.2. The largest absolute Gasteiger partial charge is 0.462 e. The molecule has 0 saturated heterocycles. The number of carbonyl (C=O) groups excluding carboxylic acids is 1. The van der Waals surface area contributed by atoms with Gasteiger partial charge in [0.25, 0.3) is 0 Å². The van der Waals surface area contributed by atoms with Crippen LogP contribution < -0.4 is 10.6 Å². The molecule has 0 aliphatic carbocycles. The van der Waals surface area contributed by atoms with Gasteiger partial charge in [0.05, 0.1) is 24.5 Å². The molecule has 0 fully saturated rings. The Bertz CT molecular complexity index is 873. The van der Waals surface area contributed by atoms with Crippen LogP contribution in [-0.2, 0) is 22.5 Å². The fourth-order valence-corrected chi connectivity index (χ4v) is 3.22. The average Bonchev–Trinajstić information content (AvgIpc) is 2.68. The molecule has 0 bridgehead atoms. The second kappa shape index (κ2) is 8.67. The zero-order chi connectivity index (χ0) is 20.1. The third kappa shape index (κ3) is 4.66. The zero-order valence-corrected chi connectivity index (χ0v) is 17.2. The number of pyridine rings is 1. The molecule has 1 aromatic carbocycles. The molecule has 148 valence electrons. The van der Waals surface area contributed by atoms with Crippen LogP contribution in [0.5, 0.6) is 0 Å². The second-order valence-corrected chi connectivity index (χ2v) is 7.33. The van der Waals surface area contributed by atoms with Crippen LogP contribution in [0.25, 0.3) is 0 Å². The summed E-state index contributed by atoms with van der Waals surface area (Å²) in [6, 6.07) is 11.4. The molecule has 2 N–H and O–H groups in total. The van der Waals surface area contributed by atoms with Crippen molar-refractivity contribution in [2.75, 3.05) is 17.2 Å². The highest BCUT2D eigenvalue weighted by Gasteiger charge is 2.32. The molecule has 1 aromatic heterocycles. The number of thiocarbonyl (C=S) groups is 1. The normalized spacial score (nSPS) is 18.1. The smallest absolute Gasteiger partial charge is 0.341 e. The average molecular weight is 400 g/mol. The van der Waals surface area contributed by atoms with Gasteiger partial charge < -0.3 is 20.1 Å². The Balaban J connectivity index is 1.89. The van der Waals surface area contributed by atoms with Gasteiger partial charge in [0.2, 0.25) is 0 Å². The number of benzene rings is 1. The number of esters is 1. The van der Waals surface area contributed by atoms with Crippen LogP contribution in [0.4, 0.5) is 11.5 Å². The van der Waals surface area contributed by atoms with Crippen LogP contribution in [0.3, 0.4) is 0 Å². The van der Waals surface area contributed by atoms with Gasteiger partial charge >= 0.3 is 5.97 Å². The number of para-hydroxylation sites is 1. The van der Waals surface area contributed by atoms with E-state index in [0.717, 1.165) is 23.4 Å². The number of anilines is 2. The van der Waals surface area contributed by atoms with E-state index in [-0.39, 0.29) is 12.2 Å². The Hall–Kier alpha value is -2.51. The molecule has 1 atom stereocenters. The van der Waals surface area contributed by atoms with Crippen molar-refractivity contribution in [2.45, 2.75) is 45.8 Å². The van der Waals surface area contributed by atoms with Crippen LogP contribution in [0.15, 0.2) is 36.4 Å². The summed E-state index contributed by atoms with van der Waals surface area (Å²) in [4.78, 5) is 17.2. The summed E-state index contributed by atoms with van der Waals surface area (Å²) in [5.41, 5.74) is 2.75. The van der Waals surface area contributed by atoms with Crippen molar-refractivity contribution in [2.24, 2.45) is 0 Å². The molecular weight excluding hydrogens is 374 g/mol. The highest BCUT2D eigenvalue weighted by Crippen LogP contribution is 2.32. The molecule has 1 aliphatic heterocycles. The lowest BCUT2D eigenvalue weighted by molar-refractivity contribution is -0.0574. The molecule has 2 heterocycles. The number of hydrogen-bond acceptors (Lipinski definition) is 5. The summed E-state index contributed by atoms with van der Waals surface area (Å²) in [6.45, 7) is 6.65. The zero-order valence-electron chi connectivity index (χ0n) is 16.4. The molecule has 3 rings (SSSR count). The molecule has 0 spiro atoms. The van der Waals surface area contributed by atoms with Crippen LogP contribution in [-0.4, -0.2) is 28.3 Å². The van der Waals surface area contributed by atoms with Crippen LogP contribution in [0.2, 0.25) is 0 Å². The summed E-state index contributed by atoms with van der Waals surface area (Å²) >= 11 is 5.41. The maximum atomic E-state index is 12.5. The first-order chi connectivity index (χ1) is 13.4. The van der Waals surface area contributed by atoms with Gasteiger partial charge in [-0.15, -0.1) is 0 Å². The number of nitrogens with one attached hydrogen (secondary N) is 2. The van der Waals surface area contributed by atoms with Crippen LogP contribution in [0.1, 0.15) is 48.8 Å². The van der Waals surface area contributed by atoms with E-state index >= 15 is 0 Å². The number of nitrogens with zero attached hydrogens (tertiary/aromatic N) is 1. The summed E-state index contributed by atoms with van der Waals surface area (Å²) in [6.07, 6.45) is 1.56. The Labute approximate surface area is 170 Å². The number of rotatable bonds is 5. The molecule has 0 saturated carbocycles. The lowest BCUT2D eigenvalue weighted by Gasteiger charge is -2.34. The minimum atomic E-state index is -0.438. The van der Waals surface area contributed by atoms with E-state index < -0.39 is 5.97 Å². The Morgan fingerprint density at radius 2 is 2.04 bits per heavy atom. The first-order valence-electron chi connectivity index (χ1n) is 9.41. The fraction of sp³-hybridized carbons (Fsp3) is 0.381. The topological polar surface area (TPSA) is 72.5 Å². The molecule has 0 radical (unpaired) electrons. The third-order valence-corrected chi connectivity index (χ3v) is 5.02. The van der Waals surface area contributed by atoms with Crippen molar-refractivity contribution in [3.63, 3.8) is 0 Å². The number of fused-ring (bicyclic) bond motifs is 1. The lowest BCUT2D eigenvalue weighted by Crippen LogP contribution is -2.35. The van der Waals surface area contributed by atoms with Crippen molar-refractivity contribution in [1.82, 2.24) is 4.98 Å². The maximum Gasteiger partial charge on any atom is 0.341 e. The minimum Gasteiger partial charge on any atom is -0.462 e. The molecule has 1 aliphatic rings. The van der Waals surface area contributed by atoms with E-state index in [0.29, 0.717) is 29.5 Å². The van der Waals surface area contributed by atoms with Crippen molar-refractivity contribution >= 4 is 34.8 Å². The summed E-state index contributed by atoms with van der Waals surface area (Å²) < 4.78 is 11.2. The molecule has 28 heavy (non-hydrogen) atoms. The molecule has 0 amide bonds. The SMILES string of the molecule is CCOC(=O)c1cc2c(nc1NC(=S)Nc1ccccc1)C[C@](C)(CC)OC2. The number of ether oxygens (including phenoxy) is 2. The van der Waals surface area contributed by atoms with Gasteiger partial charge in [-0.3, -0.25) is 0 Å². The molecule has 0 unspecified atom stereocenters. The predicted octanol–water partition coefficient (Wildman–Crippen LogP) is 4.31. The van der Waals surface area contributed by atoms with Gasteiger partial charge in [0.1, 0.15) is 11.4 Å². The quantitative estimate of drug-likeness (QED) is 0.573. The monoisotopic (exact) mass is 399 g/mol. The van der Waals surface area contributed by atoms with Gasteiger partial charge in [-0.25, -0.2) is 9.78 Å². The van der Waals surface area contributed by atoms with Gasteiger partial charge in [-0.05, 0) is 50.7 Å². The van der Waals surface area contributed by atoms with Crippen LogP contribution in [0, 0.1) is 0 Å². The Morgan fingerprint density at radius 1 is 1.29 bits per heavy atom. The van der Waals surface area contributed by atoms with E-state index in [1.165, 1.54) is 0 Å². The third-order valence-electron chi connectivity index (χ3n) is 4.82. The van der Waals surface area contributed by atoms with Crippen molar-refractivity contribution in [1.29, 1.82) is 0 Å². The van der Waals surface area contributed by atoms with E-state index in [4.69, 9.17) is 26.7 Å². The lowest BCUT2D eigenvalue weighted by atomic mass is 9.91. The van der Waals surface area contributed by atoms with Gasteiger partial charge in [-0.2, -0.15) is 0 Å². The first-order valence-corrected chi connectivity index (χ1v) is 9.82. The highest BCUT2D eigenvalue weighted by molar-refractivity contribution is 7.80. The van der Waals surface area contributed by atoms with Gasteiger partial charge in [0.15, 0.2) is 5.11 Å². The van der Waals surface area contributed by atoms with E-state index in [9.17, 15) is 4.79 Å². The van der Waals surface area contributed by atoms with Gasteiger partial charge in [0, 0.05) is 17.7 Å². The standard InChI is InChI=1S/C21H25N3O3S/c1-4-21(3)12-17-14(13-27-21)11-16(19(25)26-5-2)18(23-17)24-20(28)22-15-9-7-6-8-10-15/h6-11H,4-5,12-13H2,1-3H3,(H2,22,23,24,28)/t21-/m0/s1. The van der Waals surface area contributed by atoms with Gasteiger partial charge in [-0.1, -0.05) is 25.1 Å². The summed E-state index contributed by atoms with van der Waals surface area (Å²) in [5, 5.41) is 6.52. The number of carbonyl (C=O) groups is 1. The molecular formula is C21H25N3O3S. The van der Waals surface area contributed by atoms with Crippen LogP contribution >= 0.6 is 12.2 Å². The van der Waals surface area contributed by atoms with Crippen molar-refractivity contribution in [3.8, 4) is 0 Å². The van der Waals surface area contributed by atoms with Crippen molar-refractivity contribution < 1.29 is 14.3 Å². The van der Waals surface area contributed by atoms with Crippen molar-refractivity contribution in [3.05, 3.63) is 53.2 Å². The van der Waals surface area contributed by atoms with E-state index in [2.05, 4.69) is 24.5 Å². The highest BCUT2D eigenvalue weighted by atomic mass is 32.1. The Morgan fingerprint density at radius 3 is 2.71 bits per heavy atom. The van der Waals surface area contributed by atoms with E-state index in [1.807, 2.05) is 30.3 Å². The molecule has 6 nitrogen and oxygen atoms in total. The number of aromatic nitrogens is 1. The summed E-state index contributed by atoms with van der Waals surface area (Å²) in [5.74, 6) is -0.0439. The number of hydrogen-bond donors (Lipinski definition) is 2. The molecule has 2 aromatic rings. The van der Waals surface area contributed by atoms with E-state index in [1.54, 1.807) is 13.0 Å². The second-order valence-electron chi connectivity index (χ2n) is 6.92. The Kier molecular flexibility index (Phi) is 6.26. The summed E-state index contributed by atoms with van der Waals surface area (Å²) in [7, 11) is 0. The maximum absolute atomic E-state index is 12.5. The molecule has 7 heteroatoms.